The Morgan fingerprint density at radius 1 is 1.10 bits per heavy atom. The molecule has 0 aromatic heterocycles. The highest BCUT2D eigenvalue weighted by Crippen LogP contribution is 2.44. The maximum absolute atomic E-state index is 12.1. The van der Waals surface area contributed by atoms with E-state index in [0.717, 1.165) is 44.3 Å². The van der Waals surface area contributed by atoms with Gasteiger partial charge in [-0.25, -0.2) is 0 Å². The number of carbonyl (C=O) groups excluding carboxylic acids is 1. The summed E-state index contributed by atoms with van der Waals surface area (Å²) in [6.07, 6.45) is 4.77. The van der Waals surface area contributed by atoms with Gasteiger partial charge >= 0.3 is 0 Å². The van der Waals surface area contributed by atoms with E-state index in [1.165, 1.54) is 11.3 Å². The molecular weight excluding hydrogens is 250 g/mol. The molecule has 2 aliphatic heterocycles. The molecule has 2 heterocycles. The van der Waals surface area contributed by atoms with Gasteiger partial charge in [0.25, 0.3) is 0 Å². The highest BCUT2D eigenvalue weighted by atomic mass is 16.5. The standard InChI is InChI=1S/C17H19NO2/c19-16-8-4-7-14-13(16)9-10-17-18(14)15(11-20-17)12-5-2-1-3-6-12/h1-3,5-6,15,17H,4,7-11H2/t15-,17-/m1/s1. The van der Waals surface area contributed by atoms with Crippen LogP contribution in [0.3, 0.4) is 0 Å². The van der Waals surface area contributed by atoms with Crippen LogP contribution in [-0.2, 0) is 9.53 Å². The zero-order chi connectivity index (χ0) is 13.5. The summed E-state index contributed by atoms with van der Waals surface area (Å²) >= 11 is 0. The molecule has 0 radical (unpaired) electrons. The molecule has 0 spiro atoms. The number of hydrogen-bond donors (Lipinski definition) is 0. The minimum Gasteiger partial charge on any atom is -0.356 e. The van der Waals surface area contributed by atoms with Crippen molar-refractivity contribution in [1.82, 2.24) is 4.90 Å². The van der Waals surface area contributed by atoms with Gasteiger partial charge < -0.3 is 9.64 Å². The van der Waals surface area contributed by atoms with Crippen molar-refractivity contribution in [1.29, 1.82) is 0 Å². The number of Topliss-reactive ketones (excluding diaryl/α,β-unsaturated/α-hetero) is 1. The van der Waals surface area contributed by atoms with Crippen molar-refractivity contribution in [3.63, 3.8) is 0 Å². The Kier molecular flexibility index (Phi) is 2.88. The van der Waals surface area contributed by atoms with Crippen molar-refractivity contribution in [2.24, 2.45) is 0 Å². The fourth-order valence-corrected chi connectivity index (χ4v) is 3.80. The third-order valence-corrected chi connectivity index (χ3v) is 4.73. The van der Waals surface area contributed by atoms with Gasteiger partial charge in [0.2, 0.25) is 0 Å². The molecule has 0 unspecified atom stereocenters. The minimum atomic E-state index is 0.171. The highest BCUT2D eigenvalue weighted by molar-refractivity contribution is 5.97. The first kappa shape index (κ1) is 12.2. The second-order valence-electron chi connectivity index (χ2n) is 5.86. The molecule has 0 bridgehead atoms. The van der Waals surface area contributed by atoms with Crippen LogP contribution in [0.4, 0.5) is 0 Å². The Balaban J connectivity index is 1.74. The lowest BCUT2D eigenvalue weighted by Crippen LogP contribution is -2.38. The van der Waals surface area contributed by atoms with E-state index in [-0.39, 0.29) is 12.3 Å². The maximum Gasteiger partial charge on any atom is 0.160 e. The van der Waals surface area contributed by atoms with Crippen LogP contribution in [0.5, 0.6) is 0 Å². The zero-order valence-corrected chi connectivity index (χ0v) is 11.5. The molecule has 1 saturated heterocycles. The lowest BCUT2D eigenvalue weighted by atomic mass is 9.87. The van der Waals surface area contributed by atoms with Gasteiger partial charge in [-0.1, -0.05) is 30.3 Å². The fourth-order valence-electron chi connectivity index (χ4n) is 3.80. The number of nitrogens with zero attached hydrogens (tertiary/aromatic N) is 1. The molecule has 4 rings (SSSR count). The number of benzene rings is 1. The van der Waals surface area contributed by atoms with Gasteiger partial charge in [-0.2, -0.15) is 0 Å². The van der Waals surface area contributed by atoms with Crippen molar-refractivity contribution >= 4 is 5.78 Å². The number of rotatable bonds is 1. The first-order valence-corrected chi connectivity index (χ1v) is 7.55. The van der Waals surface area contributed by atoms with E-state index in [2.05, 4.69) is 29.2 Å². The summed E-state index contributed by atoms with van der Waals surface area (Å²) in [5.74, 6) is 0.364. The lowest BCUT2D eigenvalue weighted by molar-refractivity contribution is -0.117. The second kappa shape index (κ2) is 4.74. The molecule has 0 N–H and O–H groups in total. The Labute approximate surface area is 119 Å². The number of fused-ring (bicyclic) bond motifs is 2. The molecule has 1 aromatic carbocycles. The van der Waals surface area contributed by atoms with Gasteiger partial charge in [0.05, 0.1) is 12.6 Å². The van der Waals surface area contributed by atoms with Gasteiger partial charge in [0, 0.05) is 17.7 Å². The molecule has 20 heavy (non-hydrogen) atoms. The quantitative estimate of drug-likeness (QED) is 0.784. The van der Waals surface area contributed by atoms with Crippen molar-refractivity contribution in [2.75, 3.05) is 6.61 Å². The molecule has 1 aromatic rings. The second-order valence-corrected chi connectivity index (χ2v) is 5.86. The van der Waals surface area contributed by atoms with Crippen molar-refractivity contribution < 1.29 is 9.53 Å². The van der Waals surface area contributed by atoms with Gasteiger partial charge in [0.1, 0.15) is 6.23 Å². The van der Waals surface area contributed by atoms with Crippen molar-refractivity contribution in [3.8, 4) is 0 Å². The summed E-state index contributed by atoms with van der Waals surface area (Å²) in [7, 11) is 0. The molecular formula is C17H19NO2. The van der Waals surface area contributed by atoms with Gasteiger partial charge in [-0.05, 0) is 31.2 Å². The van der Waals surface area contributed by atoms with Gasteiger partial charge in [-0.15, -0.1) is 0 Å². The van der Waals surface area contributed by atoms with E-state index in [1.54, 1.807) is 0 Å². The average molecular weight is 269 g/mol. The Bertz CT molecular complexity index is 564. The van der Waals surface area contributed by atoms with Crippen LogP contribution in [0.2, 0.25) is 0 Å². The average Bonchev–Trinajstić information content (AvgIpc) is 2.93. The van der Waals surface area contributed by atoms with Crippen LogP contribution in [0.1, 0.15) is 43.7 Å². The van der Waals surface area contributed by atoms with E-state index >= 15 is 0 Å². The SMILES string of the molecule is O=C1CCCC2=C1CC[C@H]1OC[C@H](c3ccccc3)N21. The van der Waals surface area contributed by atoms with Crippen LogP contribution in [0, 0.1) is 0 Å². The number of ketones is 1. The molecule has 3 nitrogen and oxygen atoms in total. The predicted molar refractivity (Wildman–Crippen MR) is 75.9 cm³/mol. The van der Waals surface area contributed by atoms with E-state index in [9.17, 15) is 4.79 Å². The molecule has 3 aliphatic rings. The zero-order valence-electron chi connectivity index (χ0n) is 11.5. The smallest absolute Gasteiger partial charge is 0.160 e. The molecule has 0 saturated carbocycles. The van der Waals surface area contributed by atoms with Crippen LogP contribution < -0.4 is 0 Å². The molecule has 1 fully saturated rings. The fraction of sp³-hybridized carbons (Fsp3) is 0.471. The number of allylic oxidation sites excluding steroid dienone is 2. The summed E-state index contributed by atoms with van der Waals surface area (Å²) in [6.45, 7) is 0.736. The van der Waals surface area contributed by atoms with Crippen LogP contribution >= 0.6 is 0 Å². The van der Waals surface area contributed by atoms with Gasteiger partial charge in [-0.3, -0.25) is 4.79 Å². The third-order valence-electron chi connectivity index (χ3n) is 4.73. The summed E-state index contributed by atoms with van der Waals surface area (Å²) in [5, 5.41) is 0. The molecule has 2 atom stereocenters. The maximum atomic E-state index is 12.1. The van der Waals surface area contributed by atoms with E-state index in [0.29, 0.717) is 5.78 Å². The molecule has 3 heteroatoms. The highest BCUT2D eigenvalue weighted by Gasteiger charge is 2.41. The van der Waals surface area contributed by atoms with E-state index < -0.39 is 0 Å². The largest absolute Gasteiger partial charge is 0.356 e. The monoisotopic (exact) mass is 269 g/mol. The third kappa shape index (κ3) is 1.80. The minimum absolute atomic E-state index is 0.171. The van der Waals surface area contributed by atoms with Gasteiger partial charge in [0.15, 0.2) is 5.78 Å². The Morgan fingerprint density at radius 2 is 1.95 bits per heavy atom. The number of carbonyl (C=O) groups is 1. The predicted octanol–water partition coefficient (Wildman–Crippen LogP) is 3.19. The number of hydrogen-bond acceptors (Lipinski definition) is 3. The topological polar surface area (TPSA) is 29.5 Å². The lowest BCUT2D eigenvalue weighted by Gasteiger charge is -2.39. The van der Waals surface area contributed by atoms with Crippen LogP contribution in [0.15, 0.2) is 41.6 Å². The Morgan fingerprint density at radius 3 is 2.80 bits per heavy atom. The first-order chi connectivity index (χ1) is 9.84. The first-order valence-electron chi connectivity index (χ1n) is 7.55. The van der Waals surface area contributed by atoms with E-state index in [4.69, 9.17) is 4.74 Å². The van der Waals surface area contributed by atoms with Crippen LogP contribution in [-0.4, -0.2) is 23.5 Å². The molecule has 1 aliphatic carbocycles. The summed E-state index contributed by atoms with van der Waals surface area (Å²) < 4.78 is 5.99. The van der Waals surface area contributed by atoms with Crippen LogP contribution in [0.25, 0.3) is 0 Å². The summed E-state index contributed by atoms with van der Waals surface area (Å²) in [6, 6.07) is 10.8. The Hall–Kier alpha value is -1.61. The molecule has 104 valence electrons. The number of ether oxygens (including phenoxy) is 1. The van der Waals surface area contributed by atoms with E-state index in [1.807, 2.05) is 6.07 Å². The normalized spacial score (nSPS) is 29.4. The van der Waals surface area contributed by atoms with Crippen molar-refractivity contribution in [3.05, 3.63) is 47.2 Å². The molecule has 0 amide bonds. The summed E-state index contributed by atoms with van der Waals surface area (Å²) in [4.78, 5) is 14.5. The van der Waals surface area contributed by atoms with Crippen molar-refractivity contribution in [2.45, 2.75) is 44.4 Å². The summed E-state index contributed by atoms with van der Waals surface area (Å²) in [5.41, 5.74) is 3.64.